The molecule has 0 aliphatic rings. The highest BCUT2D eigenvalue weighted by Gasteiger charge is 2.04. The highest BCUT2D eigenvalue weighted by molar-refractivity contribution is 5.64. The van der Waals surface area contributed by atoms with Crippen LogP contribution in [0.5, 0.6) is 5.75 Å². The minimum Gasteiger partial charge on any atom is -0.494 e. The second kappa shape index (κ2) is 9.86. The van der Waals surface area contributed by atoms with E-state index in [0.29, 0.717) is 0 Å². The molecule has 0 aliphatic heterocycles. The molecule has 0 spiro atoms. The van der Waals surface area contributed by atoms with Gasteiger partial charge in [0.25, 0.3) is 0 Å². The molecule has 0 radical (unpaired) electrons. The Kier molecular flexibility index (Phi) is 6.97. The molecular formula is C24H28N2O. The van der Waals surface area contributed by atoms with Crippen molar-refractivity contribution in [3.05, 3.63) is 66.5 Å². The molecule has 1 heterocycles. The van der Waals surface area contributed by atoms with E-state index >= 15 is 0 Å². The summed E-state index contributed by atoms with van der Waals surface area (Å²) in [4.78, 5) is 9.12. The van der Waals surface area contributed by atoms with E-state index in [1.807, 2.05) is 24.5 Å². The smallest absolute Gasteiger partial charge is 0.159 e. The summed E-state index contributed by atoms with van der Waals surface area (Å²) in [6, 6.07) is 16.7. The summed E-state index contributed by atoms with van der Waals surface area (Å²) in [5, 5.41) is 0. The largest absolute Gasteiger partial charge is 0.494 e. The molecular weight excluding hydrogens is 332 g/mol. The van der Waals surface area contributed by atoms with Gasteiger partial charge in [-0.05, 0) is 42.5 Å². The number of rotatable bonds is 9. The van der Waals surface area contributed by atoms with Crippen molar-refractivity contribution >= 4 is 0 Å². The number of ether oxygens (including phenoxy) is 1. The van der Waals surface area contributed by atoms with Gasteiger partial charge < -0.3 is 4.74 Å². The Morgan fingerprint density at radius 3 is 1.96 bits per heavy atom. The van der Waals surface area contributed by atoms with Crippen LogP contribution in [0.25, 0.3) is 22.5 Å². The molecule has 3 nitrogen and oxygen atoms in total. The monoisotopic (exact) mass is 360 g/mol. The highest BCUT2D eigenvalue weighted by atomic mass is 16.5. The predicted octanol–water partition coefficient (Wildman–Crippen LogP) is 6.33. The van der Waals surface area contributed by atoms with Crippen LogP contribution in [0.2, 0.25) is 0 Å². The Hall–Kier alpha value is -2.68. The molecule has 0 atom stereocenters. The van der Waals surface area contributed by atoms with E-state index in [4.69, 9.17) is 4.74 Å². The van der Waals surface area contributed by atoms with E-state index < -0.39 is 0 Å². The number of aryl methyl sites for hydroxylation is 1. The molecule has 0 fully saturated rings. The standard InChI is InChI=1S/C24H28N2O/c1-3-5-7-19-8-10-21(11-9-19)24-25-17-22(18-26-24)20-12-14-23(15-13-20)27-16-6-4-2/h8-15,17-18H,3-7,16H2,1-2H3. The van der Waals surface area contributed by atoms with Gasteiger partial charge in [0.2, 0.25) is 0 Å². The van der Waals surface area contributed by atoms with Gasteiger partial charge in [0.05, 0.1) is 6.61 Å². The van der Waals surface area contributed by atoms with E-state index in [1.165, 1.54) is 18.4 Å². The molecule has 0 bridgehead atoms. The van der Waals surface area contributed by atoms with E-state index in [1.54, 1.807) is 0 Å². The quantitative estimate of drug-likeness (QED) is 0.418. The molecule has 3 aromatic rings. The van der Waals surface area contributed by atoms with Crippen LogP contribution in [-0.2, 0) is 6.42 Å². The molecule has 0 saturated heterocycles. The first-order chi connectivity index (χ1) is 13.3. The van der Waals surface area contributed by atoms with Crippen LogP contribution in [0.3, 0.4) is 0 Å². The molecule has 1 aromatic heterocycles. The normalized spacial score (nSPS) is 10.7. The van der Waals surface area contributed by atoms with Gasteiger partial charge in [0, 0.05) is 23.5 Å². The van der Waals surface area contributed by atoms with Crippen molar-refractivity contribution in [2.24, 2.45) is 0 Å². The van der Waals surface area contributed by atoms with Crippen molar-refractivity contribution in [2.75, 3.05) is 6.61 Å². The lowest BCUT2D eigenvalue weighted by molar-refractivity contribution is 0.309. The summed E-state index contributed by atoms with van der Waals surface area (Å²) in [7, 11) is 0. The molecule has 0 unspecified atom stereocenters. The first-order valence-electron chi connectivity index (χ1n) is 9.94. The van der Waals surface area contributed by atoms with Crippen LogP contribution in [0.15, 0.2) is 60.9 Å². The molecule has 3 heteroatoms. The third kappa shape index (κ3) is 5.40. The van der Waals surface area contributed by atoms with Gasteiger partial charge in [0.15, 0.2) is 5.82 Å². The maximum absolute atomic E-state index is 5.72. The average molecular weight is 361 g/mol. The Balaban J connectivity index is 1.66. The van der Waals surface area contributed by atoms with E-state index in [9.17, 15) is 0 Å². The fourth-order valence-electron chi connectivity index (χ4n) is 2.91. The number of unbranched alkanes of at least 4 members (excludes halogenated alkanes) is 2. The van der Waals surface area contributed by atoms with Crippen molar-refractivity contribution in [3.8, 4) is 28.3 Å². The summed E-state index contributed by atoms with van der Waals surface area (Å²) >= 11 is 0. The third-order valence-electron chi connectivity index (χ3n) is 4.64. The van der Waals surface area contributed by atoms with Gasteiger partial charge in [-0.25, -0.2) is 9.97 Å². The van der Waals surface area contributed by atoms with E-state index in [-0.39, 0.29) is 0 Å². The molecule has 2 aromatic carbocycles. The van der Waals surface area contributed by atoms with Gasteiger partial charge in [-0.2, -0.15) is 0 Å². The van der Waals surface area contributed by atoms with Crippen LogP contribution in [-0.4, -0.2) is 16.6 Å². The van der Waals surface area contributed by atoms with Crippen molar-refractivity contribution in [2.45, 2.75) is 46.0 Å². The first-order valence-corrected chi connectivity index (χ1v) is 9.94. The summed E-state index contributed by atoms with van der Waals surface area (Å²) in [5.41, 5.74) is 4.54. The van der Waals surface area contributed by atoms with Crippen LogP contribution in [0.4, 0.5) is 0 Å². The number of benzene rings is 2. The molecule has 0 aliphatic carbocycles. The number of aromatic nitrogens is 2. The molecule has 0 amide bonds. The van der Waals surface area contributed by atoms with Crippen LogP contribution in [0, 0.1) is 0 Å². The Morgan fingerprint density at radius 2 is 1.33 bits per heavy atom. The SMILES string of the molecule is CCCCOc1ccc(-c2cnc(-c3ccc(CCCC)cc3)nc2)cc1. The van der Waals surface area contributed by atoms with Gasteiger partial charge in [-0.3, -0.25) is 0 Å². The second-order valence-corrected chi connectivity index (χ2v) is 6.82. The highest BCUT2D eigenvalue weighted by Crippen LogP contribution is 2.23. The maximum Gasteiger partial charge on any atom is 0.159 e. The third-order valence-corrected chi connectivity index (χ3v) is 4.64. The lowest BCUT2D eigenvalue weighted by Crippen LogP contribution is -1.96. The zero-order chi connectivity index (χ0) is 18.9. The van der Waals surface area contributed by atoms with Crippen molar-refractivity contribution in [1.82, 2.24) is 9.97 Å². The maximum atomic E-state index is 5.72. The summed E-state index contributed by atoms with van der Waals surface area (Å²) in [6.07, 6.45) is 9.58. The summed E-state index contributed by atoms with van der Waals surface area (Å²) in [5.74, 6) is 1.67. The summed E-state index contributed by atoms with van der Waals surface area (Å²) < 4.78 is 5.72. The Labute approximate surface area is 162 Å². The van der Waals surface area contributed by atoms with Crippen molar-refractivity contribution in [1.29, 1.82) is 0 Å². The van der Waals surface area contributed by atoms with Gasteiger partial charge in [-0.15, -0.1) is 0 Å². The lowest BCUT2D eigenvalue weighted by atomic mass is 10.1. The lowest BCUT2D eigenvalue weighted by Gasteiger charge is -2.07. The molecule has 27 heavy (non-hydrogen) atoms. The van der Waals surface area contributed by atoms with Crippen molar-refractivity contribution < 1.29 is 4.74 Å². The zero-order valence-corrected chi connectivity index (χ0v) is 16.3. The van der Waals surface area contributed by atoms with Gasteiger partial charge in [0.1, 0.15) is 5.75 Å². The zero-order valence-electron chi connectivity index (χ0n) is 16.3. The van der Waals surface area contributed by atoms with E-state index in [0.717, 1.165) is 54.1 Å². The second-order valence-electron chi connectivity index (χ2n) is 6.82. The number of nitrogens with zero attached hydrogens (tertiary/aromatic N) is 2. The first kappa shape index (κ1) is 19.1. The minimum absolute atomic E-state index is 0.764. The Bertz CT molecular complexity index is 809. The number of hydrogen-bond donors (Lipinski definition) is 0. The molecule has 0 saturated carbocycles. The predicted molar refractivity (Wildman–Crippen MR) is 112 cm³/mol. The Morgan fingerprint density at radius 1 is 0.704 bits per heavy atom. The number of hydrogen-bond acceptors (Lipinski definition) is 3. The fourth-order valence-corrected chi connectivity index (χ4v) is 2.91. The minimum atomic E-state index is 0.764. The van der Waals surface area contributed by atoms with Crippen LogP contribution < -0.4 is 4.74 Å². The molecule has 3 rings (SSSR count). The van der Waals surface area contributed by atoms with E-state index in [2.05, 4.69) is 60.2 Å². The molecule has 0 N–H and O–H groups in total. The topological polar surface area (TPSA) is 35.0 Å². The molecule has 140 valence electrons. The summed E-state index contributed by atoms with van der Waals surface area (Å²) in [6.45, 7) is 5.15. The van der Waals surface area contributed by atoms with Crippen LogP contribution >= 0.6 is 0 Å². The van der Waals surface area contributed by atoms with Gasteiger partial charge in [-0.1, -0.05) is 63.1 Å². The fraction of sp³-hybridized carbons (Fsp3) is 0.333. The van der Waals surface area contributed by atoms with Gasteiger partial charge >= 0.3 is 0 Å². The van der Waals surface area contributed by atoms with Crippen molar-refractivity contribution in [3.63, 3.8) is 0 Å². The van der Waals surface area contributed by atoms with Crippen LogP contribution in [0.1, 0.15) is 45.1 Å². The average Bonchev–Trinajstić information content (AvgIpc) is 2.73.